The summed E-state index contributed by atoms with van der Waals surface area (Å²) in [5.41, 5.74) is 4.25. The quantitative estimate of drug-likeness (QED) is 0.173. The van der Waals surface area contributed by atoms with Crippen LogP contribution in [0.5, 0.6) is 5.75 Å². The molecule has 0 saturated carbocycles. The van der Waals surface area contributed by atoms with Crippen LogP contribution in [0.2, 0.25) is 0 Å². The Hall–Kier alpha value is -3.75. The first kappa shape index (κ1) is 25.9. The van der Waals surface area contributed by atoms with E-state index >= 15 is 0 Å². The predicted molar refractivity (Wildman–Crippen MR) is 154 cm³/mol. The fourth-order valence-corrected chi connectivity index (χ4v) is 5.52. The molecule has 0 bridgehead atoms. The second kappa shape index (κ2) is 11.3. The van der Waals surface area contributed by atoms with E-state index < -0.39 is 0 Å². The first-order chi connectivity index (χ1) is 18.4. The summed E-state index contributed by atoms with van der Waals surface area (Å²) in [6, 6.07) is 23.8. The SMILES string of the molecule is CC[C@@H](C)N1C(=O)/C(=C/c2cn(-c3ccccc3)nc2-c2ccc(OCc3ccc(F)cc3)cc2)SC1=S. The second-order valence-electron chi connectivity index (χ2n) is 8.96. The zero-order valence-electron chi connectivity index (χ0n) is 21.0. The van der Waals surface area contributed by atoms with Crippen LogP contribution in [0.4, 0.5) is 4.39 Å². The Balaban J connectivity index is 1.45. The van der Waals surface area contributed by atoms with Gasteiger partial charge in [0.2, 0.25) is 0 Å². The Kier molecular flexibility index (Phi) is 7.72. The molecule has 0 aliphatic carbocycles. The highest BCUT2D eigenvalue weighted by molar-refractivity contribution is 8.26. The average molecular weight is 544 g/mol. The van der Waals surface area contributed by atoms with Crippen molar-refractivity contribution in [2.75, 3.05) is 0 Å². The van der Waals surface area contributed by atoms with Gasteiger partial charge in [0.1, 0.15) is 22.5 Å². The maximum absolute atomic E-state index is 13.2. The molecule has 38 heavy (non-hydrogen) atoms. The van der Waals surface area contributed by atoms with Gasteiger partial charge >= 0.3 is 0 Å². The number of amides is 1. The molecule has 0 unspecified atom stereocenters. The van der Waals surface area contributed by atoms with E-state index in [0.29, 0.717) is 21.6 Å². The minimum absolute atomic E-state index is 0.0439. The molecule has 0 N–H and O–H groups in total. The molecule has 1 aliphatic rings. The number of para-hydroxylation sites is 1. The fraction of sp³-hybridized carbons (Fsp3) is 0.167. The molecule has 192 valence electrons. The van der Waals surface area contributed by atoms with E-state index in [2.05, 4.69) is 0 Å². The number of hydrogen-bond donors (Lipinski definition) is 0. The highest BCUT2D eigenvalue weighted by Crippen LogP contribution is 2.36. The molecule has 2 heterocycles. The molecule has 1 saturated heterocycles. The summed E-state index contributed by atoms with van der Waals surface area (Å²) in [6.45, 7) is 4.39. The molecule has 5 nitrogen and oxygen atoms in total. The van der Waals surface area contributed by atoms with Crippen LogP contribution < -0.4 is 4.74 Å². The zero-order chi connectivity index (χ0) is 26.6. The average Bonchev–Trinajstić information content (AvgIpc) is 3.49. The van der Waals surface area contributed by atoms with Crippen molar-refractivity contribution in [3.8, 4) is 22.7 Å². The van der Waals surface area contributed by atoms with Gasteiger partial charge in [0, 0.05) is 23.4 Å². The topological polar surface area (TPSA) is 47.4 Å². The van der Waals surface area contributed by atoms with E-state index in [4.69, 9.17) is 22.1 Å². The Morgan fingerprint density at radius 2 is 1.76 bits per heavy atom. The molecule has 0 spiro atoms. The minimum atomic E-state index is -0.272. The van der Waals surface area contributed by atoms with Crippen molar-refractivity contribution in [3.05, 3.63) is 107 Å². The lowest BCUT2D eigenvalue weighted by atomic mass is 10.1. The molecule has 1 amide bonds. The third kappa shape index (κ3) is 5.56. The molecule has 3 aromatic carbocycles. The van der Waals surface area contributed by atoms with E-state index in [-0.39, 0.29) is 17.8 Å². The van der Waals surface area contributed by atoms with Crippen molar-refractivity contribution in [2.24, 2.45) is 0 Å². The van der Waals surface area contributed by atoms with Gasteiger partial charge in [-0.15, -0.1) is 0 Å². The van der Waals surface area contributed by atoms with E-state index in [1.165, 1.54) is 23.9 Å². The molecule has 8 heteroatoms. The number of carbonyl (C=O) groups is 1. The highest BCUT2D eigenvalue weighted by Gasteiger charge is 2.35. The molecule has 1 aromatic heterocycles. The lowest BCUT2D eigenvalue weighted by molar-refractivity contribution is -0.123. The molecule has 1 fully saturated rings. The molecule has 5 rings (SSSR count). The van der Waals surface area contributed by atoms with Gasteiger partial charge in [-0.3, -0.25) is 9.69 Å². The standard InChI is InChI=1S/C30H26FN3O2S2/c1-3-20(2)34-29(35)27(38-30(34)37)17-23-18-33(25-7-5-4-6-8-25)32-28(23)22-11-15-26(16-12-22)36-19-21-9-13-24(31)14-10-21/h4-18,20H,3,19H2,1-2H3/b27-17-/t20-/m1/s1. The van der Waals surface area contributed by atoms with E-state index in [1.54, 1.807) is 17.0 Å². The Morgan fingerprint density at radius 3 is 2.45 bits per heavy atom. The van der Waals surface area contributed by atoms with Gasteiger partial charge in [0.25, 0.3) is 5.91 Å². The summed E-state index contributed by atoms with van der Waals surface area (Å²) in [4.78, 5) is 15.5. The number of thiocarbonyl (C=S) groups is 1. The van der Waals surface area contributed by atoms with Crippen LogP contribution in [0, 0.1) is 5.82 Å². The summed E-state index contributed by atoms with van der Waals surface area (Å²) in [5, 5.41) is 4.87. The van der Waals surface area contributed by atoms with Crippen LogP contribution in [0.15, 0.2) is 90.0 Å². The van der Waals surface area contributed by atoms with Crippen LogP contribution in [-0.2, 0) is 11.4 Å². The summed E-state index contributed by atoms with van der Waals surface area (Å²) in [7, 11) is 0. The number of ether oxygens (including phenoxy) is 1. The number of aromatic nitrogens is 2. The second-order valence-corrected chi connectivity index (χ2v) is 10.6. The monoisotopic (exact) mass is 543 g/mol. The Bertz CT molecular complexity index is 1480. The van der Waals surface area contributed by atoms with Gasteiger partial charge < -0.3 is 4.74 Å². The van der Waals surface area contributed by atoms with Gasteiger partial charge in [0.15, 0.2) is 0 Å². The maximum Gasteiger partial charge on any atom is 0.266 e. The van der Waals surface area contributed by atoms with Gasteiger partial charge in [0.05, 0.1) is 16.3 Å². The van der Waals surface area contributed by atoms with E-state index in [1.807, 2.05) is 85.4 Å². The number of benzene rings is 3. The van der Waals surface area contributed by atoms with E-state index in [0.717, 1.165) is 34.5 Å². The van der Waals surface area contributed by atoms with Crippen molar-refractivity contribution in [3.63, 3.8) is 0 Å². The fourth-order valence-electron chi connectivity index (χ4n) is 4.07. The highest BCUT2D eigenvalue weighted by atomic mass is 32.2. The van der Waals surface area contributed by atoms with Crippen molar-refractivity contribution in [1.82, 2.24) is 14.7 Å². The van der Waals surface area contributed by atoms with Gasteiger partial charge in [-0.1, -0.05) is 61.2 Å². The Morgan fingerprint density at radius 1 is 1.05 bits per heavy atom. The zero-order valence-corrected chi connectivity index (χ0v) is 22.6. The summed E-state index contributed by atoms with van der Waals surface area (Å²) in [5.74, 6) is 0.347. The first-order valence-corrected chi connectivity index (χ1v) is 13.5. The van der Waals surface area contributed by atoms with Crippen LogP contribution >= 0.6 is 24.0 Å². The molecule has 0 radical (unpaired) electrons. The summed E-state index contributed by atoms with van der Waals surface area (Å²) in [6.07, 6.45) is 4.63. The molecular formula is C30H26FN3O2S2. The minimum Gasteiger partial charge on any atom is -0.489 e. The molecule has 1 atom stereocenters. The predicted octanol–water partition coefficient (Wildman–Crippen LogP) is 7.26. The number of halogens is 1. The summed E-state index contributed by atoms with van der Waals surface area (Å²) < 4.78 is 21.4. The number of nitrogens with zero attached hydrogens (tertiary/aromatic N) is 3. The number of carbonyl (C=O) groups excluding carboxylic acids is 1. The Labute approximate surface area is 230 Å². The van der Waals surface area contributed by atoms with Crippen LogP contribution in [0.1, 0.15) is 31.4 Å². The first-order valence-electron chi connectivity index (χ1n) is 12.3. The van der Waals surface area contributed by atoms with Crippen LogP contribution in [0.25, 0.3) is 23.0 Å². The number of rotatable bonds is 8. The van der Waals surface area contributed by atoms with Gasteiger partial charge in [-0.25, -0.2) is 9.07 Å². The smallest absolute Gasteiger partial charge is 0.266 e. The van der Waals surface area contributed by atoms with Gasteiger partial charge in [-0.2, -0.15) is 5.10 Å². The lowest BCUT2D eigenvalue weighted by Crippen LogP contribution is -2.36. The lowest BCUT2D eigenvalue weighted by Gasteiger charge is -2.21. The van der Waals surface area contributed by atoms with Crippen LogP contribution in [0.3, 0.4) is 0 Å². The van der Waals surface area contributed by atoms with Crippen molar-refractivity contribution in [2.45, 2.75) is 32.9 Å². The summed E-state index contributed by atoms with van der Waals surface area (Å²) >= 11 is 6.84. The molecule has 4 aromatic rings. The van der Waals surface area contributed by atoms with Gasteiger partial charge in [-0.05, 0) is 73.5 Å². The third-order valence-corrected chi connectivity index (χ3v) is 7.68. The normalized spacial score (nSPS) is 15.3. The van der Waals surface area contributed by atoms with Crippen molar-refractivity contribution in [1.29, 1.82) is 0 Å². The maximum atomic E-state index is 13.2. The number of thioether (sulfide) groups is 1. The largest absolute Gasteiger partial charge is 0.489 e. The van der Waals surface area contributed by atoms with Crippen LogP contribution in [-0.4, -0.2) is 30.9 Å². The number of hydrogen-bond acceptors (Lipinski definition) is 5. The third-order valence-electron chi connectivity index (χ3n) is 6.35. The van der Waals surface area contributed by atoms with Crippen molar-refractivity contribution < 1.29 is 13.9 Å². The molecule has 1 aliphatic heterocycles. The van der Waals surface area contributed by atoms with E-state index in [9.17, 15) is 9.18 Å². The molecular weight excluding hydrogens is 517 g/mol. The van der Waals surface area contributed by atoms with Crippen molar-refractivity contribution >= 4 is 40.3 Å².